The predicted octanol–water partition coefficient (Wildman–Crippen LogP) is 19.8. The number of amides is 4. The molecule has 5 N–H and O–H groups in total. The van der Waals surface area contributed by atoms with E-state index in [1.807, 2.05) is 0 Å². The van der Waals surface area contributed by atoms with Crippen LogP contribution in [0.1, 0.15) is 296 Å². The fraction of sp³-hybridized carbons (Fsp3) is 0.850. The molecule has 2 atom stereocenters. The van der Waals surface area contributed by atoms with E-state index in [4.69, 9.17) is 26.7 Å². The Morgan fingerprint density at radius 2 is 0.763 bits per heavy atom. The van der Waals surface area contributed by atoms with Gasteiger partial charge in [0, 0.05) is 83.1 Å². The Kier molecular flexibility index (Phi) is 66.3. The molecule has 0 aromatic carbocycles. The van der Waals surface area contributed by atoms with Crippen LogP contribution in [0.25, 0.3) is 17.2 Å². The molecule has 14 nitrogen and oxygen atoms in total. The van der Waals surface area contributed by atoms with Gasteiger partial charge in [0.05, 0.1) is 19.8 Å². The summed E-state index contributed by atoms with van der Waals surface area (Å²) >= 11 is 0. The third-order valence-electron chi connectivity index (χ3n) is 13.8. The van der Waals surface area contributed by atoms with E-state index in [0.29, 0.717) is 36.3 Å². The first-order valence-electron chi connectivity index (χ1n) is 30.2. The summed E-state index contributed by atoms with van der Waals surface area (Å²) in [5, 5.41) is 2.05. The Hall–Kier alpha value is -1.76. The Labute approximate surface area is 515 Å². The molecule has 0 saturated carbocycles. The number of hydrogen-bond acceptors (Lipinski definition) is 9. The number of aryl methyl sites for hydroxylation is 1. The van der Waals surface area contributed by atoms with Crippen molar-refractivity contribution >= 4 is 30.1 Å². The number of carbonyl (C=O) groups is 4. The average Bonchev–Trinajstić information content (AvgIpc) is 3.35. The molecule has 1 rings (SSSR count). The van der Waals surface area contributed by atoms with Gasteiger partial charge >= 0.3 is 0 Å². The van der Waals surface area contributed by atoms with Crippen LogP contribution in [0.3, 0.4) is 0 Å². The van der Waals surface area contributed by atoms with Gasteiger partial charge in [-0.05, 0) is 44.4 Å². The van der Waals surface area contributed by atoms with Crippen molar-refractivity contribution < 1.29 is 98.8 Å². The van der Waals surface area contributed by atoms with E-state index in [9.17, 15) is 24.0 Å². The van der Waals surface area contributed by atoms with Gasteiger partial charge in [0.25, 0.3) is 5.56 Å². The molecule has 1 aromatic rings. The van der Waals surface area contributed by atoms with Crippen molar-refractivity contribution in [2.24, 2.45) is 11.8 Å². The van der Waals surface area contributed by atoms with E-state index >= 15 is 0 Å². The summed E-state index contributed by atoms with van der Waals surface area (Å²) in [7, 11) is 0. The van der Waals surface area contributed by atoms with Gasteiger partial charge in [-0.3, -0.25) is 30.9 Å². The van der Waals surface area contributed by atoms with Crippen molar-refractivity contribution in [2.45, 2.75) is 298 Å². The van der Waals surface area contributed by atoms with Crippen LogP contribution in [-0.2, 0) is 90.8 Å². The van der Waals surface area contributed by atoms with Gasteiger partial charge in [0.15, 0.2) is 12.0 Å². The van der Waals surface area contributed by atoms with Crippen LogP contribution < -0.4 is 10.9 Å². The zero-order chi connectivity index (χ0) is 55.1. The van der Waals surface area contributed by atoms with Crippen molar-refractivity contribution in [3.8, 4) is 0 Å². The zero-order valence-electron chi connectivity index (χ0n) is 49.3. The number of aromatic nitrogens is 2. The van der Waals surface area contributed by atoms with Crippen molar-refractivity contribution in [3.63, 3.8) is 0 Å². The fourth-order valence-electron chi connectivity index (χ4n) is 9.32. The number of H-pyrrole nitrogens is 1. The molecule has 2 radical (unpaired) electrons. The van der Waals surface area contributed by atoms with Crippen molar-refractivity contribution in [2.75, 3.05) is 25.1 Å². The van der Waals surface area contributed by atoms with Gasteiger partial charge in [0.2, 0.25) is 12.2 Å². The second-order valence-electron chi connectivity index (χ2n) is 20.8. The number of urea groups is 1. The summed E-state index contributed by atoms with van der Waals surface area (Å²) in [6.07, 6.45) is 51.7. The fourth-order valence-corrected chi connectivity index (χ4v) is 9.32. The summed E-state index contributed by atoms with van der Waals surface area (Å²) in [4.78, 5) is 60.5. The second kappa shape index (κ2) is 62.4. The summed E-state index contributed by atoms with van der Waals surface area (Å²) < 4.78 is 14.6. The first kappa shape index (κ1) is 80.7. The molecule has 0 bridgehead atoms. The first-order chi connectivity index (χ1) is 35.8. The number of esters is 1. The predicted molar refractivity (Wildman–Crippen MR) is 309 cm³/mol. The minimum Gasteiger partial charge on any atom is -0.632 e. The van der Waals surface area contributed by atoms with E-state index in [1.54, 1.807) is 6.92 Å². The third kappa shape index (κ3) is 59.9. The maximum atomic E-state index is 11.7. The molecular formula is C60H112N6O8Y2-4. The molecular weight excluding hydrogens is 1110 g/mol. The number of rotatable bonds is 48. The third-order valence-corrected chi connectivity index (χ3v) is 13.8. The number of aromatic amines is 1. The molecule has 0 aliphatic rings. The molecule has 2 unspecified atom stereocenters. The number of nitrogens with one attached hydrogen (secondary N) is 5. The molecule has 16 heteroatoms. The summed E-state index contributed by atoms with van der Waals surface area (Å²) in [6, 6.07) is -1.07. The number of carbonyl (C=O) groups excluding carboxylic acids is 4. The van der Waals surface area contributed by atoms with Crippen molar-refractivity contribution in [3.05, 3.63) is 45.7 Å². The number of unbranched alkanes of at least 4 members (excludes halogenated alkanes) is 32. The van der Waals surface area contributed by atoms with E-state index in [-0.39, 0.29) is 84.4 Å². The molecule has 0 aliphatic heterocycles. The minimum absolute atomic E-state index is 0. The van der Waals surface area contributed by atoms with Gasteiger partial charge in [-0.2, -0.15) is 0 Å². The average molecular weight is 1220 g/mol. The van der Waals surface area contributed by atoms with Crippen LogP contribution in [0.5, 0.6) is 0 Å². The van der Waals surface area contributed by atoms with E-state index in [2.05, 4.69) is 54.6 Å². The molecule has 76 heavy (non-hydrogen) atoms. The Morgan fingerprint density at radius 1 is 0.487 bits per heavy atom. The normalized spacial score (nSPS) is 11.3. The minimum atomic E-state index is -1.07. The van der Waals surface area contributed by atoms with Crippen LogP contribution in [0.2, 0.25) is 0 Å². The maximum absolute atomic E-state index is 11.7. The van der Waals surface area contributed by atoms with Crippen LogP contribution in [0.4, 0.5) is 20.3 Å². The molecule has 440 valence electrons. The summed E-state index contributed by atoms with van der Waals surface area (Å²) in [5.41, 5.74) is 20.9. The Morgan fingerprint density at radius 3 is 1.00 bits per heavy atom. The molecule has 0 fully saturated rings. The largest absolute Gasteiger partial charge is 0.632 e. The topological polar surface area (TPSA) is 225 Å². The monoisotopic (exact) mass is 1220 g/mol. The van der Waals surface area contributed by atoms with Crippen molar-refractivity contribution in [1.29, 1.82) is 0 Å². The second-order valence-corrected chi connectivity index (χ2v) is 20.8. The molecule has 1 aromatic heterocycles. The summed E-state index contributed by atoms with van der Waals surface area (Å²) in [5.74, 6) is 0.164. The number of anilines is 1. The van der Waals surface area contributed by atoms with E-state index in [1.165, 1.54) is 231 Å². The summed E-state index contributed by atoms with van der Waals surface area (Å²) in [6.45, 7) is 14.6. The maximum Gasteiger partial charge on any atom is 0.254 e. The van der Waals surface area contributed by atoms with Gasteiger partial charge in [-0.15, -0.1) is 0 Å². The molecule has 0 aliphatic carbocycles. The Bertz CT molecular complexity index is 1460. The van der Waals surface area contributed by atoms with Gasteiger partial charge < -0.3 is 41.7 Å². The number of ether oxygens (including phenoxy) is 3. The van der Waals surface area contributed by atoms with Crippen LogP contribution in [-0.4, -0.2) is 54.0 Å². The SMILES string of the molecule is CCCCCCCCCCCCC(CCCCCCCCCC)COC([NH-])=O.CCCCCCCCCCCCC(CCCCCCCCCC)COC([NH-])=O.[CH2-]C(=O)OCCc1c(C)nc(NC([NH-])=O)[nH]c1=O.[Y].[Y]. The van der Waals surface area contributed by atoms with Gasteiger partial charge in [-0.25, -0.2) is 4.98 Å². The number of nitrogens with zero attached hydrogens (tertiary/aromatic N) is 1. The Balaban J connectivity index is -0.000000517. The van der Waals surface area contributed by atoms with E-state index < -0.39 is 29.7 Å². The quantitative estimate of drug-likeness (QED) is 0.0273. The standard InChI is InChI=1S/2C25H51NO2.C10H13N4O4.2Y/c2*1-3-5-7-9-11-13-14-16-18-20-22-24(23-28-25(26)27)21-19-17-15-12-10-8-6-4-2;1-5-7(3-4-18-6(2)15)8(16)13-10(12-5)14-9(11)17;;/h2*24H,3-23H2,1-2H3,(H2,26,27);2-4H2,1H3,(H4,11,12,13,14,16,17);;/q;;-1;;/p-3. The molecule has 4 amide bonds. The molecule has 0 saturated heterocycles. The molecule has 1 heterocycles. The van der Waals surface area contributed by atoms with Crippen LogP contribution in [0.15, 0.2) is 4.79 Å². The van der Waals surface area contributed by atoms with Crippen LogP contribution in [0, 0.1) is 25.7 Å². The first-order valence-corrected chi connectivity index (χ1v) is 30.2. The van der Waals surface area contributed by atoms with E-state index in [0.717, 1.165) is 25.7 Å². The van der Waals surface area contributed by atoms with Crippen LogP contribution >= 0.6 is 0 Å². The smallest absolute Gasteiger partial charge is 0.254 e. The number of hydrogen-bond donors (Lipinski definition) is 2. The zero-order valence-corrected chi connectivity index (χ0v) is 55.0. The molecule has 0 spiro atoms. The van der Waals surface area contributed by atoms with Gasteiger partial charge in [0.1, 0.15) is 5.95 Å². The van der Waals surface area contributed by atoms with Crippen molar-refractivity contribution in [1.82, 2.24) is 9.97 Å². The van der Waals surface area contributed by atoms with Gasteiger partial charge in [-0.1, -0.05) is 259 Å².